The number of aromatic amines is 1. The number of hydrogen-bond acceptors (Lipinski definition) is 4. The number of aromatic nitrogens is 2. The molecule has 1 aliphatic heterocycles. The molecule has 2 aromatic rings. The average molecular weight is 392 g/mol. The predicted octanol–water partition coefficient (Wildman–Crippen LogP) is 2.25. The molecule has 6 nitrogen and oxygen atoms in total. The molecule has 26 heavy (non-hydrogen) atoms. The van der Waals surface area contributed by atoms with E-state index in [0.29, 0.717) is 24.5 Å². The smallest absolute Gasteiger partial charge is 0.347 e. The second-order valence-electron chi connectivity index (χ2n) is 5.97. The molecule has 0 aliphatic carbocycles. The second-order valence-corrected chi connectivity index (χ2v) is 7.91. The van der Waals surface area contributed by atoms with Crippen molar-refractivity contribution in [2.24, 2.45) is 0 Å². The normalized spacial score (nSPS) is 20.4. The fourth-order valence-electron chi connectivity index (χ4n) is 2.85. The van der Waals surface area contributed by atoms with Gasteiger partial charge in [0.15, 0.2) is 0 Å². The number of rotatable bonds is 3. The first-order valence-electron chi connectivity index (χ1n) is 7.67. The van der Waals surface area contributed by atoms with E-state index in [1.54, 1.807) is 13.2 Å². The zero-order chi connectivity index (χ0) is 19.1. The van der Waals surface area contributed by atoms with Crippen molar-refractivity contribution in [1.82, 2.24) is 19.2 Å². The zero-order valence-electron chi connectivity index (χ0n) is 13.7. The van der Waals surface area contributed by atoms with Gasteiger partial charge >= 0.3 is 6.18 Å². The van der Waals surface area contributed by atoms with Crippen LogP contribution in [0.4, 0.5) is 17.6 Å². The van der Waals surface area contributed by atoms with Crippen molar-refractivity contribution in [1.29, 1.82) is 0 Å². The monoisotopic (exact) mass is 392 g/mol. The van der Waals surface area contributed by atoms with Gasteiger partial charge in [0.1, 0.15) is 11.6 Å². The van der Waals surface area contributed by atoms with E-state index in [2.05, 4.69) is 9.97 Å². The first-order chi connectivity index (χ1) is 12.1. The highest BCUT2D eigenvalue weighted by molar-refractivity contribution is 7.89. The van der Waals surface area contributed by atoms with Crippen LogP contribution in [0.3, 0.4) is 0 Å². The number of piperazine rings is 1. The maximum absolute atomic E-state index is 13.4. The van der Waals surface area contributed by atoms with E-state index in [9.17, 15) is 26.0 Å². The Balaban J connectivity index is 1.93. The van der Waals surface area contributed by atoms with Crippen molar-refractivity contribution in [3.63, 3.8) is 0 Å². The fourth-order valence-corrected chi connectivity index (χ4v) is 4.32. The Morgan fingerprint density at radius 1 is 1.27 bits per heavy atom. The summed E-state index contributed by atoms with van der Waals surface area (Å²) in [6, 6.07) is 1.34. The van der Waals surface area contributed by atoms with Gasteiger partial charge < -0.3 is 4.98 Å². The lowest BCUT2D eigenvalue weighted by atomic mass is 10.2. The highest BCUT2D eigenvalue weighted by Gasteiger charge is 2.38. The predicted molar refractivity (Wildman–Crippen MR) is 84.1 cm³/mol. The third kappa shape index (κ3) is 3.46. The van der Waals surface area contributed by atoms with Gasteiger partial charge in [-0.25, -0.2) is 17.8 Å². The minimum Gasteiger partial charge on any atom is -0.347 e. The Kier molecular flexibility index (Phi) is 4.80. The van der Waals surface area contributed by atoms with Crippen molar-refractivity contribution in [3.05, 3.63) is 47.8 Å². The molecule has 3 rings (SSSR count). The molecule has 0 saturated carbocycles. The molecule has 1 saturated heterocycles. The Morgan fingerprint density at radius 2 is 2.00 bits per heavy atom. The molecule has 1 aromatic carbocycles. The minimum absolute atomic E-state index is 0.0189. The molecule has 142 valence electrons. The van der Waals surface area contributed by atoms with Crippen LogP contribution in [0.2, 0.25) is 0 Å². The molecule has 11 heteroatoms. The van der Waals surface area contributed by atoms with Crippen molar-refractivity contribution in [2.75, 3.05) is 26.7 Å². The maximum Gasteiger partial charge on any atom is 0.419 e. The standard InChI is InChI=1S/C15H16F4N4O2S/c1-22-6-7-23(9-13(22)14-20-4-5-21-14)26(24,25)10-2-3-12(16)11(8-10)15(17,18)19/h2-5,8,13H,6-7,9H2,1H3,(H,20,21)/t13-/m0/s1. The summed E-state index contributed by atoms with van der Waals surface area (Å²) in [6.45, 7) is 0.498. The molecule has 1 fully saturated rings. The number of likely N-dealkylation sites (N-methyl/N-ethyl adjacent to an activating group) is 1. The zero-order valence-corrected chi connectivity index (χ0v) is 14.5. The lowest BCUT2D eigenvalue weighted by Gasteiger charge is -2.37. The number of imidazole rings is 1. The molecule has 0 unspecified atom stereocenters. The molecule has 1 aliphatic rings. The summed E-state index contributed by atoms with van der Waals surface area (Å²) in [5, 5.41) is 0. The van der Waals surface area contributed by atoms with E-state index < -0.39 is 32.5 Å². The molecule has 1 aromatic heterocycles. The average Bonchev–Trinajstić information content (AvgIpc) is 3.08. The molecule has 0 amide bonds. The van der Waals surface area contributed by atoms with Crippen LogP contribution in [0.15, 0.2) is 35.5 Å². The molecule has 0 radical (unpaired) electrons. The number of sulfonamides is 1. The lowest BCUT2D eigenvalue weighted by molar-refractivity contribution is -0.140. The Labute approximate surface area is 147 Å². The number of benzene rings is 1. The summed E-state index contributed by atoms with van der Waals surface area (Å²) >= 11 is 0. The van der Waals surface area contributed by atoms with Gasteiger partial charge in [-0.3, -0.25) is 4.90 Å². The number of nitrogens with one attached hydrogen (secondary N) is 1. The van der Waals surface area contributed by atoms with Crippen molar-refractivity contribution < 1.29 is 26.0 Å². The third-order valence-corrected chi connectivity index (χ3v) is 6.19. The van der Waals surface area contributed by atoms with E-state index in [4.69, 9.17) is 0 Å². The molecule has 1 N–H and O–H groups in total. The van der Waals surface area contributed by atoms with Gasteiger partial charge in [-0.2, -0.15) is 17.5 Å². The van der Waals surface area contributed by atoms with Gasteiger partial charge in [-0.1, -0.05) is 0 Å². The first kappa shape index (κ1) is 18.8. The molecule has 1 atom stereocenters. The van der Waals surface area contributed by atoms with E-state index in [0.717, 1.165) is 10.4 Å². The molecule has 2 heterocycles. The summed E-state index contributed by atoms with van der Waals surface area (Å²) < 4.78 is 78.8. The van der Waals surface area contributed by atoms with Crippen LogP contribution >= 0.6 is 0 Å². The van der Waals surface area contributed by atoms with Crippen LogP contribution in [-0.2, 0) is 16.2 Å². The van der Waals surface area contributed by atoms with Crippen LogP contribution in [-0.4, -0.2) is 54.3 Å². The van der Waals surface area contributed by atoms with Crippen LogP contribution in [0.5, 0.6) is 0 Å². The van der Waals surface area contributed by atoms with Crippen molar-refractivity contribution >= 4 is 10.0 Å². The summed E-state index contributed by atoms with van der Waals surface area (Å²) in [5.74, 6) is -0.953. The summed E-state index contributed by atoms with van der Waals surface area (Å²) in [4.78, 5) is 8.34. The second kappa shape index (κ2) is 6.63. The Bertz CT molecular complexity index is 884. The van der Waals surface area contributed by atoms with Crippen LogP contribution < -0.4 is 0 Å². The van der Waals surface area contributed by atoms with Crippen LogP contribution in [0.1, 0.15) is 17.4 Å². The van der Waals surface area contributed by atoms with Crippen molar-refractivity contribution in [2.45, 2.75) is 17.1 Å². The quantitative estimate of drug-likeness (QED) is 0.814. The van der Waals surface area contributed by atoms with Crippen LogP contribution in [0, 0.1) is 5.82 Å². The van der Waals surface area contributed by atoms with Gasteiger partial charge in [0.2, 0.25) is 10.0 Å². The van der Waals surface area contributed by atoms with E-state index in [1.807, 2.05) is 4.90 Å². The third-order valence-electron chi connectivity index (χ3n) is 4.33. The SMILES string of the molecule is CN1CCN(S(=O)(=O)c2ccc(F)c(C(F)(F)F)c2)C[C@H]1c1ncc[nH]1. The van der Waals surface area contributed by atoms with E-state index in [1.165, 1.54) is 6.20 Å². The Morgan fingerprint density at radius 3 is 2.62 bits per heavy atom. The molecular weight excluding hydrogens is 376 g/mol. The summed E-state index contributed by atoms with van der Waals surface area (Å²) in [6.07, 6.45) is -1.84. The molecule has 0 spiro atoms. The molecular formula is C15H16F4N4O2S. The fraction of sp³-hybridized carbons (Fsp3) is 0.400. The van der Waals surface area contributed by atoms with Crippen molar-refractivity contribution in [3.8, 4) is 0 Å². The lowest BCUT2D eigenvalue weighted by Crippen LogP contribution is -2.49. The van der Waals surface area contributed by atoms with E-state index in [-0.39, 0.29) is 19.1 Å². The largest absolute Gasteiger partial charge is 0.419 e. The first-order valence-corrected chi connectivity index (χ1v) is 9.11. The molecule has 0 bridgehead atoms. The Hall–Kier alpha value is -1.98. The highest BCUT2D eigenvalue weighted by atomic mass is 32.2. The minimum atomic E-state index is -4.98. The van der Waals surface area contributed by atoms with Gasteiger partial charge in [-0.05, 0) is 25.2 Å². The number of nitrogens with zero attached hydrogens (tertiary/aromatic N) is 3. The van der Waals surface area contributed by atoms with Gasteiger partial charge in [-0.15, -0.1) is 0 Å². The number of alkyl halides is 3. The van der Waals surface area contributed by atoms with Crippen LogP contribution in [0.25, 0.3) is 0 Å². The highest BCUT2D eigenvalue weighted by Crippen LogP contribution is 2.34. The topological polar surface area (TPSA) is 69.3 Å². The summed E-state index contributed by atoms with van der Waals surface area (Å²) in [5.41, 5.74) is -1.60. The number of H-pyrrole nitrogens is 1. The number of hydrogen-bond donors (Lipinski definition) is 1. The van der Waals surface area contributed by atoms with Gasteiger partial charge in [0, 0.05) is 32.0 Å². The van der Waals surface area contributed by atoms with Gasteiger partial charge in [0.05, 0.1) is 16.5 Å². The van der Waals surface area contributed by atoms with E-state index >= 15 is 0 Å². The maximum atomic E-state index is 13.4. The van der Waals surface area contributed by atoms with Gasteiger partial charge in [0.25, 0.3) is 0 Å². The summed E-state index contributed by atoms with van der Waals surface area (Å²) in [7, 11) is -2.41. The number of halogens is 4.